The zero-order valence-corrected chi connectivity index (χ0v) is 12.9. The first-order valence-electron chi connectivity index (χ1n) is 7.09. The molecule has 19 heavy (non-hydrogen) atoms. The Kier molecular flexibility index (Phi) is 5.12. The molecule has 1 aromatic rings. The summed E-state index contributed by atoms with van der Waals surface area (Å²) in [5.74, 6) is 2.43. The van der Waals surface area contributed by atoms with Crippen molar-refractivity contribution in [1.82, 2.24) is 4.90 Å². The molecule has 0 amide bonds. The first kappa shape index (κ1) is 14.7. The Balaban J connectivity index is 2.02. The number of para-hydroxylation sites is 1. The molecule has 0 aromatic heterocycles. The lowest BCUT2D eigenvalue weighted by Gasteiger charge is -2.36. The minimum atomic E-state index is -0.00588. The van der Waals surface area contributed by atoms with E-state index in [1.807, 2.05) is 18.2 Å². The molecule has 0 aliphatic carbocycles. The molecule has 1 fully saturated rings. The fourth-order valence-electron chi connectivity index (χ4n) is 3.19. The van der Waals surface area contributed by atoms with Gasteiger partial charge in [0.15, 0.2) is 0 Å². The predicted octanol–water partition coefficient (Wildman–Crippen LogP) is 3.95. The molecule has 1 aromatic carbocycles. The summed E-state index contributed by atoms with van der Waals surface area (Å²) in [5, 5.41) is -0.00588. The van der Waals surface area contributed by atoms with E-state index in [1.54, 1.807) is 7.11 Å². The molecule has 1 saturated heterocycles. The number of alkyl halides is 1. The highest BCUT2D eigenvalue weighted by molar-refractivity contribution is 6.21. The number of piperidine rings is 1. The third-order valence-electron chi connectivity index (χ3n) is 3.84. The second kappa shape index (κ2) is 6.62. The summed E-state index contributed by atoms with van der Waals surface area (Å²) in [6, 6.07) is 8.05. The quantitative estimate of drug-likeness (QED) is 0.775. The average molecular weight is 282 g/mol. The van der Waals surface area contributed by atoms with Crippen LogP contribution in [-0.2, 0) is 0 Å². The Morgan fingerprint density at radius 2 is 1.89 bits per heavy atom. The van der Waals surface area contributed by atoms with E-state index in [-0.39, 0.29) is 5.38 Å². The van der Waals surface area contributed by atoms with Gasteiger partial charge in [0.25, 0.3) is 0 Å². The Hall–Kier alpha value is -0.730. The summed E-state index contributed by atoms with van der Waals surface area (Å²) in [6.07, 6.45) is 1.33. The van der Waals surface area contributed by atoms with Crippen LogP contribution in [0.4, 0.5) is 0 Å². The van der Waals surface area contributed by atoms with Gasteiger partial charge in [-0.1, -0.05) is 32.0 Å². The van der Waals surface area contributed by atoms with E-state index in [1.165, 1.54) is 6.42 Å². The summed E-state index contributed by atoms with van der Waals surface area (Å²) in [6.45, 7) is 7.87. The van der Waals surface area contributed by atoms with E-state index >= 15 is 0 Å². The van der Waals surface area contributed by atoms with Crippen molar-refractivity contribution in [3.63, 3.8) is 0 Å². The summed E-state index contributed by atoms with van der Waals surface area (Å²) in [4.78, 5) is 2.49. The van der Waals surface area contributed by atoms with Crippen LogP contribution in [0.5, 0.6) is 5.75 Å². The van der Waals surface area contributed by atoms with Gasteiger partial charge in [-0.15, -0.1) is 11.6 Å². The number of ether oxygens (including phenoxy) is 1. The van der Waals surface area contributed by atoms with Crippen molar-refractivity contribution in [1.29, 1.82) is 0 Å². The van der Waals surface area contributed by atoms with Crippen molar-refractivity contribution in [3.8, 4) is 5.75 Å². The first-order chi connectivity index (χ1) is 9.10. The zero-order chi connectivity index (χ0) is 13.8. The maximum absolute atomic E-state index is 6.60. The molecule has 0 spiro atoms. The lowest BCUT2D eigenvalue weighted by molar-refractivity contribution is 0.141. The Morgan fingerprint density at radius 1 is 1.26 bits per heavy atom. The van der Waals surface area contributed by atoms with E-state index in [4.69, 9.17) is 16.3 Å². The number of benzene rings is 1. The Labute approximate surface area is 121 Å². The monoisotopic (exact) mass is 281 g/mol. The van der Waals surface area contributed by atoms with Crippen LogP contribution in [0.1, 0.15) is 31.2 Å². The molecular weight excluding hydrogens is 258 g/mol. The average Bonchev–Trinajstić information content (AvgIpc) is 2.37. The van der Waals surface area contributed by atoms with Crippen LogP contribution in [0.2, 0.25) is 0 Å². The highest BCUT2D eigenvalue weighted by atomic mass is 35.5. The van der Waals surface area contributed by atoms with Gasteiger partial charge in [-0.2, -0.15) is 0 Å². The first-order valence-corrected chi connectivity index (χ1v) is 7.53. The van der Waals surface area contributed by atoms with E-state index in [0.717, 1.165) is 42.8 Å². The van der Waals surface area contributed by atoms with Crippen molar-refractivity contribution < 1.29 is 4.74 Å². The van der Waals surface area contributed by atoms with Crippen molar-refractivity contribution in [2.24, 2.45) is 11.8 Å². The van der Waals surface area contributed by atoms with Crippen LogP contribution >= 0.6 is 11.6 Å². The maximum Gasteiger partial charge on any atom is 0.123 e. The molecule has 3 atom stereocenters. The number of hydrogen-bond donors (Lipinski definition) is 0. The van der Waals surface area contributed by atoms with Gasteiger partial charge in [-0.05, 0) is 24.3 Å². The summed E-state index contributed by atoms with van der Waals surface area (Å²) in [7, 11) is 1.70. The molecule has 0 radical (unpaired) electrons. The fraction of sp³-hybridized carbons (Fsp3) is 0.625. The summed E-state index contributed by atoms with van der Waals surface area (Å²) < 4.78 is 5.39. The van der Waals surface area contributed by atoms with E-state index in [2.05, 4.69) is 24.8 Å². The minimum absolute atomic E-state index is 0.00588. The molecule has 1 aliphatic heterocycles. The van der Waals surface area contributed by atoms with Crippen LogP contribution < -0.4 is 4.74 Å². The standard InChI is InChI=1S/C16H24ClNO/c1-12-8-13(2)10-18(9-12)11-15(17)14-6-4-5-7-16(14)19-3/h4-7,12-13,15H,8-11H2,1-3H3. The molecule has 0 bridgehead atoms. The Bertz CT molecular complexity index is 399. The van der Waals surface area contributed by atoms with E-state index in [0.29, 0.717) is 0 Å². The summed E-state index contributed by atoms with van der Waals surface area (Å²) in [5.41, 5.74) is 1.09. The van der Waals surface area contributed by atoms with Crippen LogP contribution in [0, 0.1) is 11.8 Å². The topological polar surface area (TPSA) is 12.5 Å². The van der Waals surface area contributed by atoms with Crippen molar-refractivity contribution >= 4 is 11.6 Å². The number of hydrogen-bond acceptors (Lipinski definition) is 2. The molecule has 0 saturated carbocycles. The molecule has 0 N–H and O–H groups in total. The SMILES string of the molecule is COc1ccccc1C(Cl)CN1CC(C)CC(C)C1. The van der Waals surface area contributed by atoms with Crippen molar-refractivity contribution in [2.45, 2.75) is 25.6 Å². The highest BCUT2D eigenvalue weighted by Gasteiger charge is 2.24. The van der Waals surface area contributed by atoms with Gasteiger partial charge >= 0.3 is 0 Å². The molecule has 2 nitrogen and oxygen atoms in total. The number of nitrogens with zero attached hydrogens (tertiary/aromatic N) is 1. The molecule has 1 heterocycles. The van der Waals surface area contributed by atoms with E-state index in [9.17, 15) is 0 Å². The number of halogens is 1. The van der Waals surface area contributed by atoms with Crippen LogP contribution in [0.3, 0.4) is 0 Å². The van der Waals surface area contributed by atoms with Crippen LogP contribution in [-0.4, -0.2) is 31.6 Å². The number of likely N-dealkylation sites (tertiary alicyclic amines) is 1. The molecule has 2 rings (SSSR count). The molecule has 3 unspecified atom stereocenters. The molecular formula is C16H24ClNO. The fourth-order valence-corrected chi connectivity index (χ4v) is 3.57. The normalized spacial score (nSPS) is 26.1. The summed E-state index contributed by atoms with van der Waals surface area (Å²) >= 11 is 6.60. The number of methoxy groups -OCH3 is 1. The third-order valence-corrected chi connectivity index (χ3v) is 4.21. The maximum atomic E-state index is 6.60. The van der Waals surface area contributed by atoms with Crippen LogP contribution in [0.25, 0.3) is 0 Å². The predicted molar refractivity (Wildman–Crippen MR) is 81.0 cm³/mol. The van der Waals surface area contributed by atoms with Gasteiger partial charge in [0.05, 0.1) is 12.5 Å². The highest BCUT2D eigenvalue weighted by Crippen LogP contribution is 2.31. The molecule has 106 valence electrons. The smallest absolute Gasteiger partial charge is 0.123 e. The van der Waals surface area contributed by atoms with Gasteiger partial charge in [0, 0.05) is 25.2 Å². The second-order valence-electron chi connectivity index (χ2n) is 5.87. The minimum Gasteiger partial charge on any atom is -0.496 e. The zero-order valence-electron chi connectivity index (χ0n) is 12.1. The molecule has 1 aliphatic rings. The number of rotatable bonds is 4. The van der Waals surface area contributed by atoms with Gasteiger partial charge in [0.2, 0.25) is 0 Å². The second-order valence-corrected chi connectivity index (χ2v) is 6.40. The Morgan fingerprint density at radius 3 is 2.53 bits per heavy atom. The third kappa shape index (κ3) is 3.87. The lowest BCUT2D eigenvalue weighted by atomic mass is 9.91. The van der Waals surface area contributed by atoms with Gasteiger partial charge in [-0.3, -0.25) is 0 Å². The van der Waals surface area contributed by atoms with Crippen molar-refractivity contribution in [3.05, 3.63) is 29.8 Å². The van der Waals surface area contributed by atoms with Gasteiger partial charge < -0.3 is 9.64 Å². The van der Waals surface area contributed by atoms with E-state index < -0.39 is 0 Å². The van der Waals surface area contributed by atoms with Gasteiger partial charge in [0.1, 0.15) is 5.75 Å². The van der Waals surface area contributed by atoms with Crippen molar-refractivity contribution in [2.75, 3.05) is 26.7 Å². The van der Waals surface area contributed by atoms with Gasteiger partial charge in [-0.25, -0.2) is 0 Å². The lowest BCUT2D eigenvalue weighted by Crippen LogP contribution is -2.40. The van der Waals surface area contributed by atoms with Crippen LogP contribution in [0.15, 0.2) is 24.3 Å². The largest absolute Gasteiger partial charge is 0.496 e. The molecule has 3 heteroatoms.